The number of nitrogens with one attached hydrogen (secondary N) is 3. The minimum Gasteiger partial charge on any atom is -0.481 e. The third kappa shape index (κ3) is 11.4. The van der Waals surface area contributed by atoms with Gasteiger partial charge in [0.05, 0.1) is 6.54 Å². The summed E-state index contributed by atoms with van der Waals surface area (Å²) >= 11 is 0. The van der Waals surface area contributed by atoms with Crippen LogP contribution < -0.4 is 16.0 Å². The van der Waals surface area contributed by atoms with Gasteiger partial charge in [-0.15, -0.1) is 0 Å². The zero-order valence-electron chi connectivity index (χ0n) is 19.8. The van der Waals surface area contributed by atoms with Crippen molar-refractivity contribution >= 4 is 23.7 Å². The molecule has 11 heteroatoms. The molecule has 2 fully saturated rings. The first-order chi connectivity index (χ1) is 15.8. The van der Waals surface area contributed by atoms with E-state index in [2.05, 4.69) is 37.7 Å². The van der Waals surface area contributed by atoms with Crippen molar-refractivity contribution < 1.29 is 24.3 Å². The summed E-state index contributed by atoms with van der Waals surface area (Å²) in [6.45, 7) is 7.42. The highest BCUT2D eigenvalue weighted by molar-refractivity contribution is 5.81. The number of carbonyl (C=O) groups is 4. The lowest BCUT2D eigenvalue weighted by Crippen LogP contribution is -2.50. The first-order valence-electron chi connectivity index (χ1n) is 12.0. The molecule has 188 valence electrons. The fourth-order valence-electron chi connectivity index (χ4n) is 4.15. The number of carboxylic acid groups (broad SMARTS) is 1. The van der Waals surface area contributed by atoms with Gasteiger partial charge in [0, 0.05) is 77.7 Å². The highest BCUT2D eigenvalue weighted by Crippen LogP contribution is 2.18. The Labute approximate surface area is 196 Å². The molecule has 33 heavy (non-hydrogen) atoms. The number of hydrogen-bond donors (Lipinski definition) is 4. The zero-order valence-corrected chi connectivity index (χ0v) is 19.8. The van der Waals surface area contributed by atoms with Crippen LogP contribution in [0.25, 0.3) is 0 Å². The average molecular weight is 482 g/mol. The molecule has 2 saturated heterocycles. The monoisotopic (exact) mass is 482 g/mol. The summed E-state index contributed by atoms with van der Waals surface area (Å²) in [4.78, 5) is 53.4. The van der Waals surface area contributed by atoms with Crippen LogP contribution in [-0.4, -0.2) is 122 Å². The predicted molar refractivity (Wildman–Crippen MR) is 124 cm³/mol. The molecule has 2 aliphatic heterocycles. The maximum Gasteiger partial charge on any atom is 0.303 e. The standard InChI is InChI=1S/C22H40N6O5/c1-26-12-14-27(15-13-26)16-18-4-3-11-28(18)17-21(31)25-10-7-20(30)24-9-6-19(29)23-8-2-5-22(32)33/h18H,2-17H2,1H3,(H,23,29)(H,24,30)(H,25,31)(H,32,33)/i1+1,3+1,4+1,11+1,12+1,14+1,15+1,16+1,17+1,18+1,20+1,25+1,26+1,28+1. The van der Waals surface area contributed by atoms with Gasteiger partial charge < -0.3 is 26.0 Å². The second-order valence-electron chi connectivity index (χ2n) is 8.92. The van der Waals surface area contributed by atoms with Crippen LogP contribution in [0.3, 0.4) is 0 Å². The van der Waals surface area contributed by atoms with Crippen molar-refractivity contribution in [1.82, 2.24) is 30.7 Å². The molecule has 0 radical (unpaired) electrons. The Morgan fingerprint density at radius 2 is 1.42 bits per heavy atom. The molecule has 0 spiro atoms. The first kappa shape index (κ1) is 27.0. The second-order valence-corrected chi connectivity index (χ2v) is 8.92. The first-order valence-corrected chi connectivity index (χ1v) is 12.0. The number of carbonyl (C=O) groups excluding carboxylic acids is 3. The van der Waals surface area contributed by atoms with E-state index >= 15 is 0 Å². The Hall–Kier alpha value is -2.24. The molecule has 2 rings (SSSR count). The van der Waals surface area contributed by atoms with Crippen molar-refractivity contribution in [3.05, 3.63) is 0 Å². The number of carboxylic acids is 1. The number of amides is 3. The zero-order chi connectivity index (χ0) is 24.1. The minimum atomic E-state index is -0.894. The van der Waals surface area contributed by atoms with Crippen LogP contribution in [0.15, 0.2) is 0 Å². The van der Waals surface area contributed by atoms with Crippen molar-refractivity contribution in [2.24, 2.45) is 0 Å². The summed E-state index contributed by atoms with van der Waals surface area (Å²) in [6, 6.07) is 0.415. The van der Waals surface area contributed by atoms with E-state index in [0.29, 0.717) is 25.6 Å². The fourth-order valence-corrected chi connectivity index (χ4v) is 4.15. The summed E-state index contributed by atoms with van der Waals surface area (Å²) in [5.74, 6) is -1.41. The lowest BCUT2D eigenvalue weighted by molar-refractivity contribution is -0.137. The molecule has 11 nitrogen and oxygen atoms in total. The smallest absolute Gasteiger partial charge is 0.303 e. The Balaban J connectivity index is 1.52. The molecular formula is C22H40N6O5. The van der Waals surface area contributed by atoms with E-state index < -0.39 is 5.97 Å². The van der Waals surface area contributed by atoms with Gasteiger partial charge in [-0.25, -0.2) is 0 Å². The fraction of sp³-hybridized carbons (Fsp3) is 0.818. The van der Waals surface area contributed by atoms with Gasteiger partial charge in [0.1, 0.15) is 0 Å². The van der Waals surface area contributed by atoms with E-state index in [-0.39, 0.29) is 50.1 Å². The molecule has 0 aromatic heterocycles. The Kier molecular flexibility index (Phi) is 12.1. The maximum atomic E-state index is 12.3. The van der Waals surface area contributed by atoms with Crippen molar-refractivity contribution in [3.63, 3.8) is 0 Å². The molecule has 2 aliphatic rings. The van der Waals surface area contributed by atoms with Gasteiger partial charge in [0.15, 0.2) is 0 Å². The van der Waals surface area contributed by atoms with Crippen molar-refractivity contribution in [3.8, 4) is 0 Å². The minimum absolute atomic E-state index is 0.0113. The highest BCUT2D eigenvalue weighted by Gasteiger charge is 2.28. The number of likely N-dealkylation sites (N-methyl/N-ethyl adjacent to an activating group) is 1. The molecule has 0 bridgehead atoms. The number of nitrogens with zero attached hydrogens (tertiary/aromatic N) is 3. The third-order valence-corrected chi connectivity index (χ3v) is 6.15. The summed E-state index contributed by atoms with van der Waals surface area (Å²) in [7, 11) is 2.15. The number of likely N-dealkylation sites (tertiary alicyclic amines) is 1. The van der Waals surface area contributed by atoms with E-state index in [4.69, 9.17) is 5.11 Å². The van der Waals surface area contributed by atoms with Crippen LogP contribution in [0, 0.1) is 0 Å². The van der Waals surface area contributed by atoms with E-state index in [0.717, 1.165) is 52.1 Å². The number of aliphatic carboxylic acids is 1. The summed E-state index contributed by atoms with van der Waals surface area (Å²) < 4.78 is 0. The lowest BCUT2D eigenvalue weighted by Gasteiger charge is -2.36. The second kappa shape index (κ2) is 14.8. The number of rotatable bonds is 14. The molecule has 2 heterocycles. The molecule has 0 aliphatic carbocycles. The van der Waals surface area contributed by atoms with Crippen molar-refractivity contribution in [2.75, 3.05) is 72.5 Å². The van der Waals surface area contributed by atoms with Gasteiger partial charge in [-0.1, -0.05) is 0 Å². The van der Waals surface area contributed by atoms with Gasteiger partial charge in [-0.3, -0.25) is 29.0 Å². The topological polar surface area (TPSA) is 134 Å². The van der Waals surface area contributed by atoms with Crippen molar-refractivity contribution in [2.45, 2.75) is 44.6 Å². The summed E-state index contributed by atoms with van der Waals surface area (Å²) in [5.41, 5.74) is 0. The van der Waals surface area contributed by atoms with Crippen LogP contribution in [0.1, 0.15) is 38.5 Å². The van der Waals surface area contributed by atoms with Gasteiger partial charge in [0.25, 0.3) is 0 Å². The predicted octanol–water partition coefficient (Wildman–Crippen LogP) is -1.31. The summed E-state index contributed by atoms with van der Waals surface area (Å²) in [5, 5.41) is 16.6. The van der Waals surface area contributed by atoms with Crippen LogP contribution in [0.5, 0.6) is 0 Å². The Morgan fingerprint density at radius 3 is 2.06 bits per heavy atom. The Bertz CT molecular complexity index is 653. The van der Waals surface area contributed by atoms with Crippen molar-refractivity contribution in [1.29, 1.82) is 0 Å². The Morgan fingerprint density at radius 1 is 0.818 bits per heavy atom. The molecule has 0 aromatic rings. The molecule has 1 atom stereocenters. The molecular weight excluding hydrogens is 442 g/mol. The SMILES string of the molecule is [13CH3][15N]1C[13CH2]N([13CH2][13CH]2[13CH2][13CH2][13CH2][15N]2[13CH2]C(=O)[15NH]CC[13C](=O)NCCC(=O)NCCCC(=O)O)[13CH2][13CH2]1. The molecule has 3 amide bonds. The largest absolute Gasteiger partial charge is 0.481 e. The highest BCUT2D eigenvalue weighted by atomic mass is 16.4. The van der Waals surface area contributed by atoms with E-state index in [1.54, 1.807) is 0 Å². The molecule has 4 N–H and O–H groups in total. The average Bonchev–Trinajstić information content (AvgIpc) is 3.19. The quantitative estimate of drug-likeness (QED) is 0.136. The van der Waals surface area contributed by atoms with Crippen LogP contribution >= 0.6 is 0 Å². The van der Waals surface area contributed by atoms with Gasteiger partial charge in [-0.05, 0) is 32.9 Å². The van der Waals surface area contributed by atoms with E-state index in [9.17, 15) is 19.2 Å². The molecule has 0 aromatic carbocycles. The van der Waals surface area contributed by atoms with Gasteiger partial charge in [-0.2, -0.15) is 0 Å². The summed E-state index contributed by atoms with van der Waals surface area (Å²) in [6.07, 6.45) is 2.92. The molecule has 0 saturated carbocycles. The van der Waals surface area contributed by atoms with Crippen LogP contribution in [0.4, 0.5) is 0 Å². The lowest BCUT2D eigenvalue weighted by atomic mass is 10.3. The van der Waals surface area contributed by atoms with Gasteiger partial charge in [0.2, 0.25) is 17.7 Å². The normalized spacial score (nSPS) is 19.8. The van der Waals surface area contributed by atoms with Gasteiger partial charge >= 0.3 is 5.97 Å². The van der Waals surface area contributed by atoms with E-state index in [1.165, 1.54) is 0 Å². The number of hydrogen-bond acceptors (Lipinski definition) is 7. The molecule has 1 unspecified atom stereocenters. The maximum absolute atomic E-state index is 12.3. The number of piperazine rings is 1. The third-order valence-electron chi connectivity index (χ3n) is 6.15. The van der Waals surface area contributed by atoms with Crippen LogP contribution in [-0.2, 0) is 19.2 Å². The van der Waals surface area contributed by atoms with Crippen LogP contribution in [0.2, 0.25) is 0 Å². The van der Waals surface area contributed by atoms with E-state index in [1.807, 2.05) is 0 Å².